The molecule has 0 bridgehead atoms. The highest BCUT2D eigenvalue weighted by atomic mass is 79.9. The highest BCUT2D eigenvalue weighted by molar-refractivity contribution is 9.10. The Bertz CT molecular complexity index is 565. The van der Waals surface area contributed by atoms with Gasteiger partial charge in [-0.1, -0.05) is 12.1 Å². The van der Waals surface area contributed by atoms with Gasteiger partial charge in [0.15, 0.2) is 0 Å². The van der Waals surface area contributed by atoms with Gasteiger partial charge in [-0.15, -0.1) is 0 Å². The average molecular weight is 322 g/mol. The topological polar surface area (TPSA) is 50.1 Å². The number of nitrogens with one attached hydrogen (secondary N) is 1. The van der Waals surface area contributed by atoms with E-state index in [0.717, 1.165) is 15.9 Å². The van der Waals surface area contributed by atoms with E-state index in [1.54, 1.807) is 0 Å². The van der Waals surface area contributed by atoms with Crippen molar-refractivity contribution in [1.82, 2.24) is 9.55 Å². The summed E-state index contributed by atoms with van der Waals surface area (Å²) in [6.07, 6.45) is 6.10. The molecule has 3 rings (SSSR count). The van der Waals surface area contributed by atoms with Crippen LogP contribution in [0.15, 0.2) is 41.3 Å². The molecule has 1 aromatic heterocycles. The van der Waals surface area contributed by atoms with Crippen molar-refractivity contribution in [2.75, 3.05) is 11.9 Å². The van der Waals surface area contributed by atoms with Crippen molar-refractivity contribution in [2.24, 2.45) is 0 Å². The Morgan fingerprint density at radius 2 is 2.21 bits per heavy atom. The van der Waals surface area contributed by atoms with Gasteiger partial charge in [0.2, 0.25) is 0 Å². The highest BCUT2D eigenvalue weighted by Crippen LogP contribution is 2.37. The molecule has 4 nitrogen and oxygen atoms in total. The summed E-state index contributed by atoms with van der Waals surface area (Å²) >= 11 is 3.51. The van der Waals surface area contributed by atoms with Gasteiger partial charge in [-0.25, -0.2) is 4.98 Å². The van der Waals surface area contributed by atoms with Crippen LogP contribution in [0.3, 0.4) is 0 Å². The maximum atomic E-state index is 9.66. The van der Waals surface area contributed by atoms with E-state index < -0.39 is 0 Å². The standard InChI is InChI=1S/C14H16BrN3O/c15-11-3-1-2-4-12(11)17-13(8-19)14-7-16-9-18(14)10-5-6-10/h1-4,7,9-10,13,17,19H,5-6,8H2. The second-order valence-electron chi connectivity index (χ2n) is 4.82. The minimum absolute atomic E-state index is 0.0414. The summed E-state index contributed by atoms with van der Waals surface area (Å²) in [5.74, 6) is 0. The summed E-state index contributed by atoms with van der Waals surface area (Å²) < 4.78 is 3.16. The fourth-order valence-electron chi connectivity index (χ4n) is 2.22. The molecule has 1 unspecified atom stereocenters. The third-order valence-corrected chi connectivity index (χ3v) is 4.07. The molecule has 0 spiro atoms. The van der Waals surface area contributed by atoms with E-state index in [9.17, 15) is 5.11 Å². The highest BCUT2D eigenvalue weighted by Gasteiger charge is 2.27. The van der Waals surface area contributed by atoms with Crippen LogP contribution in [0, 0.1) is 0 Å². The van der Waals surface area contributed by atoms with E-state index in [2.05, 4.69) is 30.8 Å². The van der Waals surface area contributed by atoms with Crippen molar-refractivity contribution in [1.29, 1.82) is 0 Å². The maximum absolute atomic E-state index is 9.66. The van der Waals surface area contributed by atoms with E-state index in [4.69, 9.17) is 0 Å². The Labute approximate surface area is 120 Å². The number of imidazole rings is 1. The fourth-order valence-corrected chi connectivity index (χ4v) is 2.62. The van der Waals surface area contributed by atoms with Gasteiger partial charge in [0.1, 0.15) is 0 Å². The number of para-hydroxylation sites is 1. The van der Waals surface area contributed by atoms with Crippen LogP contribution in [-0.2, 0) is 0 Å². The first kappa shape index (κ1) is 12.7. The van der Waals surface area contributed by atoms with Crippen LogP contribution in [0.5, 0.6) is 0 Å². The van der Waals surface area contributed by atoms with Gasteiger partial charge in [-0.3, -0.25) is 0 Å². The van der Waals surface area contributed by atoms with E-state index >= 15 is 0 Å². The lowest BCUT2D eigenvalue weighted by Gasteiger charge is -2.20. The molecule has 0 aliphatic heterocycles. The van der Waals surface area contributed by atoms with Crippen LogP contribution >= 0.6 is 15.9 Å². The van der Waals surface area contributed by atoms with Crippen molar-refractivity contribution in [3.8, 4) is 0 Å². The lowest BCUT2D eigenvalue weighted by molar-refractivity contribution is 0.272. The number of benzene rings is 1. The van der Waals surface area contributed by atoms with Crippen LogP contribution in [0.25, 0.3) is 0 Å². The Morgan fingerprint density at radius 1 is 1.42 bits per heavy atom. The van der Waals surface area contributed by atoms with Crippen molar-refractivity contribution >= 4 is 21.6 Å². The molecule has 5 heteroatoms. The van der Waals surface area contributed by atoms with Crippen molar-refractivity contribution < 1.29 is 5.11 Å². The molecule has 19 heavy (non-hydrogen) atoms. The SMILES string of the molecule is OCC(Nc1ccccc1Br)c1cncn1C1CC1. The van der Waals surface area contributed by atoms with Crippen LogP contribution < -0.4 is 5.32 Å². The van der Waals surface area contributed by atoms with E-state index in [-0.39, 0.29) is 12.6 Å². The zero-order valence-corrected chi connectivity index (χ0v) is 12.0. The maximum Gasteiger partial charge on any atom is 0.0951 e. The molecule has 0 saturated heterocycles. The van der Waals surface area contributed by atoms with Crippen LogP contribution in [0.4, 0.5) is 5.69 Å². The number of hydrogen-bond donors (Lipinski definition) is 2. The summed E-state index contributed by atoms with van der Waals surface area (Å²) in [7, 11) is 0. The van der Waals surface area contributed by atoms with Gasteiger partial charge >= 0.3 is 0 Å². The summed E-state index contributed by atoms with van der Waals surface area (Å²) in [5, 5.41) is 13.0. The third-order valence-electron chi connectivity index (χ3n) is 3.38. The van der Waals surface area contributed by atoms with Crippen LogP contribution in [0.1, 0.15) is 30.6 Å². The molecule has 2 aromatic rings. The number of halogens is 1. The van der Waals surface area contributed by atoms with Gasteiger partial charge in [-0.05, 0) is 40.9 Å². The summed E-state index contributed by atoms with van der Waals surface area (Å²) in [5.41, 5.74) is 2.02. The molecule has 2 N–H and O–H groups in total. The molecule has 1 fully saturated rings. The zero-order chi connectivity index (χ0) is 13.2. The fraction of sp³-hybridized carbons (Fsp3) is 0.357. The molecule has 0 radical (unpaired) electrons. The number of aliphatic hydroxyl groups excluding tert-OH is 1. The molecule has 1 aliphatic carbocycles. The molecule has 1 saturated carbocycles. The van der Waals surface area contributed by atoms with Gasteiger partial charge in [0, 0.05) is 16.2 Å². The second-order valence-corrected chi connectivity index (χ2v) is 5.67. The van der Waals surface area contributed by atoms with E-state index in [0.29, 0.717) is 6.04 Å². The molecule has 1 aliphatic rings. The average Bonchev–Trinajstić information content (AvgIpc) is 3.16. The number of aromatic nitrogens is 2. The molecule has 0 amide bonds. The van der Waals surface area contributed by atoms with Gasteiger partial charge in [0.25, 0.3) is 0 Å². The van der Waals surface area contributed by atoms with E-state index in [1.165, 1.54) is 12.8 Å². The molecule has 1 heterocycles. The van der Waals surface area contributed by atoms with Gasteiger partial charge < -0.3 is 15.0 Å². The summed E-state index contributed by atoms with van der Waals surface area (Å²) in [6.45, 7) is 0.0414. The summed E-state index contributed by atoms with van der Waals surface area (Å²) in [4.78, 5) is 4.22. The lowest BCUT2D eigenvalue weighted by Crippen LogP contribution is -2.18. The Hall–Kier alpha value is -1.33. The Balaban J connectivity index is 1.84. The van der Waals surface area contributed by atoms with Gasteiger partial charge in [0.05, 0.1) is 30.9 Å². The van der Waals surface area contributed by atoms with Crippen molar-refractivity contribution in [3.05, 3.63) is 47.0 Å². The van der Waals surface area contributed by atoms with Crippen molar-refractivity contribution in [3.63, 3.8) is 0 Å². The number of anilines is 1. The predicted octanol–water partition coefficient (Wildman–Crippen LogP) is 3.13. The number of hydrogen-bond acceptors (Lipinski definition) is 3. The first-order chi connectivity index (χ1) is 9.29. The van der Waals surface area contributed by atoms with Crippen molar-refractivity contribution in [2.45, 2.75) is 24.9 Å². The minimum Gasteiger partial charge on any atom is -0.394 e. The number of rotatable bonds is 5. The monoisotopic (exact) mass is 321 g/mol. The lowest BCUT2D eigenvalue weighted by atomic mass is 10.2. The first-order valence-corrected chi connectivity index (χ1v) is 7.22. The van der Waals surface area contributed by atoms with Crippen LogP contribution in [-0.4, -0.2) is 21.3 Å². The second kappa shape index (κ2) is 5.35. The predicted molar refractivity (Wildman–Crippen MR) is 78.1 cm³/mol. The molecule has 100 valence electrons. The van der Waals surface area contributed by atoms with E-state index in [1.807, 2.05) is 36.8 Å². The van der Waals surface area contributed by atoms with Crippen LogP contribution in [0.2, 0.25) is 0 Å². The Kier molecular flexibility index (Phi) is 3.57. The third kappa shape index (κ3) is 2.67. The van der Waals surface area contributed by atoms with Gasteiger partial charge in [-0.2, -0.15) is 0 Å². The number of aliphatic hydroxyl groups is 1. The Morgan fingerprint density at radius 3 is 2.89 bits per heavy atom. The summed E-state index contributed by atoms with van der Waals surface area (Å²) in [6, 6.07) is 8.34. The smallest absolute Gasteiger partial charge is 0.0951 e. The molecule has 1 atom stereocenters. The molecule has 1 aromatic carbocycles. The molecular formula is C14H16BrN3O. The number of nitrogens with zero attached hydrogens (tertiary/aromatic N) is 2. The zero-order valence-electron chi connectivity index (χ0n) is 10.5. The first-order valence-electron chi connectivity index (χ1n) is 6.43. The minimum atomic E-state index is -0.137. The normalized spacial score (nSPS) is 16.3. The quantitative estimate of drug-likeness (QED) is 0.889. The molecular weight excluding hydrogens is 306 g/mol. The largest absolute Gasteiger partial charge is 0.394 e.